The molecule has 10 nitrogen and oxygen atoms in total. The lowest BCUT2D eigenvalue weighted by atomic mass is 10.2. The molecule has 0 radical (unpaired) electrons. The molecule has 2 amide bonds. The minimum absolute atomic E-state index is 0.329. The first-order chi connectivity index (χ1) is 18.9. The van der Waals surface area contributed by atoms with Crippen LogP contribution in [0.25, 0.3) is 10.9 Å². The van der Waals surface area contributed by atoms with E-state index in [-0.39, 0.29) is 6.03 Å². The van der Waals surface area contributed by atoms with E-state index < -0.39 is 0 Å². The zero-order valence-corrected chi connectivity index (χ0v) is 22.8. The van der Waals surface area contributed by atoms with Gasteiger partial charge in [-0.1, -0.05) is 12.1 Å². The second-order valence-corrected chi connectivity index (χ2v) is 8.67. The van der Waals surface area contributed by atoms with Crippen LogP contribution in [0.4, 0.5) is 16.2 Å². The Hall–Kier alpha value is -4.73. The predicted octanol–water partition coefficient (Wildman–Crippen LogP) is 5.40. The Bertz CT molecular complexity index is 1450. The molecule has 4 rings (SSSR count). The van der Waals surface area contributed by atoms with Gasteiger partial charge >= 0.3 is 6.03 Å². The Morgan fingerprint density at radius 2 is 1.69 bits per heavy atom. The SMILES string of the molecule is CCN(CCNC(=O)Nc1ccc(Oc2ncnc3cc(OC)c(OC)cc23)cc1OC)c1cccc(C)c1. The number of rotatable bonds is 11. The van der Waals surface area contributed by atoms with E-state index in [4.69, 9.17) is 18.9 Å². The number of aryl methyl sites for hydroxylation is 1. The Morgan fingerprint density at radius 1 is 0.923 bits per heavy atom. The van der Waals surface area contributed by atoms with Crippen molar-refractivity contribution in [1.29, 1.82) is 0 Å². The molecule has 0 saturated heterocycles. The molecule has 204 valence electrons. The van der Waals surface area contributed by atoms with Crippen LogP contribution in [0.15, 0.2) is 60.9 Å². The average Bonchev–Trinajstić information content (AvgIpc) is 2.95. The van der Waals surface area contributed by atoms with E-state index >= 15 is 0 Å². The summed E-state index contributed by atoms with van der Waals surface area (Å²) in [5, 5.41) is 6.41. The molecular formula is C29H33N5O5. The van der Waals surface area contributed by atoms with E-state index in [1.165, 1.54) is 19.0 Å². The molecular weight excluding hydrogens is 498 g/mol. The van der Waals surface area contributed by atoms with Gasteiger partial charge in [-0.25, -0.2) is 14.8 Å². The molecule has 0 aliphatic rings. The summed E-state index contributed by atoms with van der Waals surface area (Å²) in [7, 11) is 4.65. The number of amides is 2. The molecule has 1 heterocycles. The molecule has 0 saturated carbocycles. The number of nitrogens with one attached hydrogen (secondary N) is 2. The van der Waals surface area contributed by atoms with Gasteiger partial charge in [0.2, 0.25) is 5.88 Å². The molecule has 0 bridgehead atoms. The average molecular weight is 532 g/mol. The van der Waals surface area contributed by atoms with Gasteiger partial charge in [0.25, 0.3) is 0 Å². The number of urea groups is 1. The van der Waals surface area contributed by atoms with Crippen molar-refractivity contribution in [3.8, 4) is 28.9 Å². The fraction of sp³-hybridized carbons (Fsp3) is 0.276. The Kier molecular flexibility index (Phi) is 8.88. The van der Waals surface area contributed by atoms with Crippen molar-refractivity contribution in [2.24, 2.45) is 0 Å². The van der Waals surface area contributed by atoms with E-state index in [1.54, 1.807) is 44.6 Å². The number of methoxy groups -OCH3 is 3. The summed E-state index contributed by atoms with van der Waals surface area (Å²) < 4.78 is 22.3. The second-order valence-electron chi connectivity index (χ2n) is 8.67. The summed E-state index contributed by atoms with van der Waals surface area (Å²) in [6.07, 6.45) is 1.42. The summed E-state index contributed by atoms with van der Waals surface area (Å²) in [6.45, 7) is 6.16. The maximum absolute atomic E-state index is 12.6. The van der Waals surface area contributed by atoms with Crippen LogP contribution in [0.2, 0.25) is 0 Å². The summed E-state index contributed by atoms with van der Waals surface area (Å²) >= 11 is 0. The normalized spacial score (nSPS) is 10.6. The number of nitrogens with zero attached hydrogens (tertiary/aromatic N) is 3. The van der Waals surface area contributed by atoms with Crippen LogP contribution < -0.4 is 34.5 Å². The number of fused-ring (bicyclic) bond motifs is 1. The predicted molar refractivity (Wildman–Crippen MR) is 152 cm³/mol. The first-order valence-electron chi connectivity index (χ1n) is 12.5. The fourth-order valence-electron chi connectivity index (χ4n) is 4.16. The molecule has 39 heavy (non-hydrogen) atoms. The van der Waals surface area contributed by atoms with Crippen LogP contribution in [0.5, 0.6) is 28.9 Å². The zero-order valence-electron chi connectivity index (χ0n) is 22.8. The van der Waals surface area contributed by atoms with Gasteiger partial charge in [0.15, 0.2) is 11.5 Å². The fourth-order valence-corrected chi connectivity index (χ4v) is 4.16. The number of ether oxygens (including phenoxy) is 4. The first-order valence-corrected chi connectivity index (χ1v) is 12.5. The van der Waals surface area contributed by atoms with E-state index in [0.29, 0.717) is 58.6 Å². The van der Waals surface area contributed by atoms with Gasteiger partial charge in [0.1, 0.15) is 17.8 Å². The van der Waals surface area contributed by atoms with Crippen molar-refractivity contribution in [3.63, 3.8) is 0 Å². The van der Waals surface area contributed by atoms with Gasteiger partial charge in [0.05, 0.1) is 37.9 Å². The number of carbonyl (C=O) groups excluding carboxylic acids is 1. The molecule has 0 aliphatic heterocycles. The van der Waals surface area contributed by atoms with Crippen molar-refractivity contribution >= 4 is 28.3 Å². The zero-order chi connectivity index (χ0) is 27.8. The van der Waals surface area contributed by atoms with Crippen LogP contribution >= 0.6 is 0 Å². The molecule has 4 aromatic rings. The van der Waals surface area contributed by atoms with Crippen molar-refractivity contribution < 1.29 is 23.7 Å². The van der Waals surface area contributed by atoms with Gasteiger partial charge in [-0.15, -0.1) is 0 Å². The molecule has 0 aliphatic carbocycles. The highest BCUT2D eigenvalue weighted by Gasteiger charge is 2.15. The Labute approximate surface area is 227 Å². The highest BCUT2D eigenvalue weighted by atomic mass is 16.5. The van der Waals surface area contributed by atoms with Gasteiger partial charge in [0, 0.05) is 37.5 Å². The largest absolute Gasteiger partial charge is 0.494 e. The van der Waals surface area contributed by atoms with E-state index in [9.17, 15) is 4.79 Å². The summed E-state index contributed by atoms with van der Waals surface area (Å²) in [4.78, 5) is 23.4. The van der Waals surface area contributed by atoms with Crippen LogP contribution in [0.1, 0.15) is 12.5 Å². The summed E-state index contributed by atoms with van der Waals surface area (Å²) in [5.74, 6) is 2.35. The molecule has 0 atom stereocenters. The number of benzene rings is 3. The lowest BCUT2D eigenvalue weighted by Gasteiger charge is -2.23. The molecule has 2 N–H and O–H groups in total. The third-order valence-electron chi connectivity index (χ3n) is 6.16. The summed E-state index contributed by atoms with van der Waals surface area (Å²) in [5.41, 5.74) is 3.48. The minimum Gasteiger partial charge on any atom is -0.494 e. The van der Waals surface area contributed by atoms with Crippen molar-refractivity contribution in [3.05, 3.63) is 66.5 Å². The van der Waals surface area contributed by atoms with E-state index in [1.807, 2.05) is 6.07 Å². The van der Waals surface area contributed by atoms with Crippen molar-refractivity contribution in [2.75, 3.05) is 51.2 Å². The highest BCUT2D eigenvalue weighted by molar-refractivity contribution is 5.91. The minimum atomic E-state index is -0.329. The number of aromatic nitrogens is 2. The maximum atomic E-state index is 12.6. The highest BCUT2D eigenvalue weighted by Crippen LogP contribution is 2.37. The number of anilines is 2. The van der Waals surface area contributed by atoms with E-state index in [2.05, 4.69) is 57.5 Å². The quantitative estimate of drug-likeness (QED) is 0.265. The standard InChI is InChI=1S/C29H33N5O5/c1-6-34(20-9-7-8-19(2)14-20)13-12-30-29(35)33-23-11-10-21(15-25(23)36-3)39-28-22-16-26(37-4)27(38-5)17-24(22)31-18-32-28/h7-11,14-18H,6,12-13H2,1-5H3,(H2,30,33,35). The number of hydrogen-bond acceptors (Lipinski definition) is 8. The summed E-state index contributed by atoms with van der Waals surface area (Å²) in [6, 6.07) is 16.6. The van der Waals surface area contributed by atoms with Crippen LogP contribution in [0, 0.1) is 6.92 Å². The maximum Gasteiger partial charge on any atom is 0.319 e. The molecule has 0 spiro atoms. The molecule has 3 aromatic carbocycles. The Morgan fingerprint density at radius 3 is 2.41 bits per heavy atom. The van der Waals surface area contributed by atoms with Crippen molar-refractivity contribution in [1.82, 2.24) is 15.3 Å². The Balaban J connectivity index is 1.42. The molecule has 0 unspecified atom stereocenters. The van der Waals surface area contributed by atoms with Gasteiger partial charge in [-0.05, 0) is 49.7 Å². The smallest absolute Gasteiger partial charge is 0.319 e. The first kappa shape index (κ1) is 27.3. The van der Waals surface area contributed by atoms with E-state index in [0.717, 1.165) is 12.2 Å². The van der Waals surface area contributed by atoms with Crippen LogP contribution in [-0.2, 0) is 0 Å². The van der Waals surface area contributed by atoms with Crippen molar-refractivity contribution in [2.45, 2.75) is 13.8 Å². The van der Waals surface area contributed by atoms with Crippen LogP contribution in [-0.4, -0.2) is 57.0 Å². The lowest BCUT2D eigenvalue weighted by Crippen LogP contribution is -2.37. The second kappa shape index (κ2) is 12.7. The number of hydrogen-bond donors (Lipinski definition) is 2. The monoisotopic (exact) mass is 531 g/mol. The third kappa shape index (κ3) is 6.59. The van der Waals surface area contributed by atoms with Gasteiger partial charge in [-0.3, -0.25) is 0 Å². The molecule has 0 fully saturated rings. The molecule has 1 aromatic heterocycles. The van der Waals surface area contributed by atoms with Gasteiger partial charge < -0.3 is 34.5 Å². The number of likely N-dealkylation sites (N-methyl/N-ethyl adjacent to an activating group) is 1. The van der Waals surface area contributed by atoms with Crippen LogP contribution in [0.3, 0.4) is 0 Å². The topological polar surface area (TPSA) is 107 Å². The molecule has 10 heteroatoms. The van der Waals surface area contributed by atoms with Gasteiger partial charge in [-0.2, -0.15) is 0 Å². The number of carbonyl (C=O) groups is 1. The lowest BCUT2D eigenvalue weighted by molar-refractivity contribution is 0.252. The third-order valence-corrected chi connectivity index (χ3v) is 6.16.